The van der Waals surface area contributed by atoms with E-state index in [0.29, 0.717) is 12.0 Å². The van der Waals surface area contributed by atoms with Crippen molar-refractivity contribution in [2.45, 2.75) is 65.4 Å². The molecule has 0 N–H and O–H groups in total. The van der Waals surface area contributed by atoms with Crippen molar-refractivity contribution in [2.75, 3.05) is 13.7 Å². The lowest BCUT2D eigenvalue weighted by Gasteiger charge is -2.31. The zero-order valence-corrected chi connectivity index (χ0v) is 14.7. The Balaban J connectivity index is 0.000000299. The molecular formula is C20H32O2. The lowest BCUT2D eigenvalue weighted by Crippen LogP contribution is -2.31. The molecule has 1 fully saturated rings. The lowest BCUT2D eigenvalue weighted by molar-refractivity contribution is 0.0129. The monoisotopic (exact) mass is 304 g/mol. The van der Waals surface area contributed by atoms with Gasteiger partial charge < -0.3 is 9.47 Å². The quantitative estimate of drug-likeness (QED) is 0.759. The molecule has 0 aliphatic heterocycles. The van der Waals surface area contributed by atoms with Gasteiger partial charge in [-0.15, -0.1) is 0 Å². The van der Waals surface area contributed by atoms with Gasteiger partial charge in [0.05, 0.1) is 13.2 Å². The van der Waals surface area contributed by atoms with Crippen LogP contribution in [0.4, 0.5) is 0 Å². The molecule has 2 heteroatoms. The minimum Gasteiger partial charge on any atom is -0.496 e. The largest absolute Gasteiger partial charge is 0.496 e. The normalized spacial score (nSPS) is 23.3. The molecule has 0 amide bonds. The fraction of sp³-hybridized carbons (Fsp3) is 0.700. The Kier molecular flexibility index (Phi) is 6.75. The Hall–Kier alpha value is -1.02. The molecule has 0 saturated heterocycles. The van der Waals surface area contributed by atoms with E-state index in [1.165, 1.54) is 30.4 Å². The average Bonchev–Trinajstić information content (AvgIpc) is 3.37. The Morgan fingerprint density at radius 3 is 2.45 bits per heavy atom. The summed E-state index contributed by atoms with van der Waals surface area (Å²) in [4.78, 5) is 0. The first kappa shape index (κ1) is 17.3. The number of fused-ring (bicyclic) bond motifs is 1. The third-order valence-corrected chi connectivity index (χ3v) is 4.84. The predicted molar refractivity (Wildman–Crippen MR) is 92.6 cm³/mol. The zero-order chi connectivity index (χ0) is 15.9. The van der Waals surface area contributed by atoms with Crippen molar-refractivity contribution in [3.8, 4) is 5.75 Å². The molecule has 0 bridgehead atoms. The van der Waals surface area contributed by atoms with Gasteiger partial charge in [-0.1, -0.05) is 52.2 Å². The molecule has 0 radical (unpaired) electrons. The van der Waals surface area contributed by atoms with Gasteiger partial charge >= 0.3 is 0 Å². The number of hydrogen-bond acceptors (Lipinski definition) is 2. The topological polar surface area (TPSA) is 18.5 Å². The maximum Gasteiger partial charge on any atom is 0.122 e. The fourth-order valence-corrected chi connectivity index (χ4v) is 3.12. The summed E-state index contributed by atoms with van der Waals surface area (Å²) in [5.41, 5.74) is 2.77. The van der Waals surface area contributed by atoms with Crippen LogP contribution in [0.15, 0.2) is 18.2 Å². The van der Waals surface area contributed by atoms with Crippen LogP contribution in [0.2, 0.25) is 0 Å². The van der Waals surface area contributed by atoms with Gasteiger partial charge in [-0.05, 0) is 41.9 Å². The first-order valence-corrected chi connectivity index (χ1v) is 8.95. The lowest BCUT2D eigenvalue weighted by atomic mass is 9.82. The second kappa shape index (κ2) is 8.57. The van der Waals surface area contributed by atoms with Gasteiger partial charge in [0.25, 0.3) is 0 Å². The van der Waals surface area contributed by atoms with E-state index >= 15 is 0 Å². The van der Waals surface area contributed by atoms with E-state index < -0.39 is 0 Å². The molecule has 22 heavy (non-hydrogen) atoms. The molecule has 1 saturated carbocycles. The summed E-state index contributed by atoms with van der Waals surface area (Å²) in [7, 11) is 1.75. The van der Waals surface area contributed by atoms with E-state index in [-0.39, 0.29) is 0 Å². The van der Waals surface area contributed by atoms with Crippen molar-refractivity contribution in [3.63, 3.8) is 0 Å². The first-order valence-electron chi connectivity index (χ1n) is 8.95. The Labute approximate surface area is 136 Å². The van der Waals surface area contributed by atoms with E-state index in [1.54, 1.807) is 7.11 Å². The van der Waals surface area contributed by atoms with Crippen LogP contribution in [0.1, 0.15) is 57.6 Å². The number of benzene rings is 1. The summed E-state index contributed by atoms with van der Waals surface area (Å²) < 4.78 is 11.4. The van der Waals surface area contributed by atoms with Gasteiger partial charge in [-0.3, -0.25) is 0 Å². The smallest absolute Gasteiger partial charge is 0.122 e. The minimum absolute atomic E-state index is 0.346. The highest BCUT2D eigenvalue weighted by atomic mass is 16.5. The van der Waals surface area contributed by atoms with Crippen LogP contribution in [0, 0.1) is 11.8 Å². The minimum atomic E-state index is 0.346. The van der Waals surface area contributed by atoms with Gasteiger partial charge in [-0.25, -0.2) is 0 Å². The van der Waals surface area contributed by atoms with E-state index in [4.69, 9.17) is 9.47 Å². The van der Waals surface area contributed by atoms with Gasteiger partial charge in [0.2, 0.25) is 0 Å². The molecule has 0 aromatic heterocycles. The first-order chi connectivity index (χ1) is 10.7. The molecule has 124 valence electrons. The van der Waals surface area contributed by atoms with Gasteiger partial charge in [0.1, 0.15) is 5.75 Å². The third kappa shape index (κ3) is 4.74. The molecule has 2 nitrogen and oxygen atoms in total. The standard InChI is InChI=1S/C15H22O2.C5H10/c1-4-8-17-15-10-13-12(9-11(15)2)6-5-7-14(13)16-3;1-2-5-3-4-5/h5-7,11,15H,4,8-10H2,1-3H3;5H,2-4H2,1H3/t11-,15-;/m1./s1. The molecular weight excluding hydrogens is 272 g/mol. The van der Waals surface area contributed by atoms with E-state index in [2.05, 4.69) is 32.9 Å². The summed E-state index contributed by atoms with van der Waals surface area (Å²) in [5, 5.41) is 0. The van der Waals surface area contributed by atoms with Crippen LogP contribution in [-0.4, -0.2) is 19.8 Å². The van der Waals surface area contributed by atoms with Crippen LogP contribution in [0.25, 0.3) is 0 Å². The molecule has 0 spiro atoms. The highest BCUT2D eigenvalue weighted by Crippen LogP contribution is 2.33. The summed E-state index contributed by atoms with van der Waals surface area (Å²) in [6.07, 6.45) is 7.95. The fourth-order valence-electron chi connectivity index (χ4n) is 3.12. The number of methoxy groups -OCH3 is 1. The maximum atomic E-state index is 5.95. The van der Waals surface area contributed by atoms with Gasteiger partial charge in [0.15, 0.2) is 0 Å². The highest BCUT2D eigenvalue weighted by Gasteiger charge is 2.27. The van der Waals surface area contributed by atoms with E-state index in [0.717, 1.165) is 37.5 Å². The summed E-state index contributed by atoms with van der Waals surface area (Å²) >= 11 is 0. The number of hydrogen-bond donors (Lipinski definition) is 0. The number of ether oxygens (including phenoxy) is 2. The van der Waals surface area contributed by atoms with Crippen molar-refractivity contribution in [3.05, 3.63) is 29.3 Å². The molecule has 2 atom stereocenters. The van der Waals surface area contributed by atoms with Gasteiger partial charge in [-0.2, -0.15) is 0 Å². The van der Waals surface area contributed by atoms with Crippen molar-refractivity contribution in [2.24, 2.45) is 11.8 Å². The zero-order valence-electron chi connectivity index (χ0n) is 14.7. The van der Waals surface area contributed by atoms with Crippen molar-refractivity contribution in [1.29, 1.82) is 0 Å². The number of rotatable bonds is 5. The maximum absolute atomic E-state index is 5.95. The van der Waals surface area contributed by atoms with E-state index in [9.17, 15) is 0 Å². The summed E-state index contributed by atoms with van der Waals surface area (Å²) in [5.74, 6) is 2.75. The Morgan fingerprint density at radius 1 is 1.14 bits per heavy atom. The van der Waals surface area contributed by atoms with Crippen molar-refractivity contribution >= 4 is 0 Å². The predicted octanol–water partition coefficient (Wildman–Crippen LogP) is 5.03. The summed E-state index contributed by atoms with van der Waals surface area (Å²) in [6.45, 7) is 7.56. The van der Waals surface area contributed by atoms with Crippen LogP contribution in [0.3, 0.4) is 0 Å². The SMILES string of the molecule is CCC1CC1.CCCO[C@@H]1Cc2c(cccc2OC)C[C@H]1C. The van der Waals surface area contributed by atoms with Crippen LogP contribution in [-0.2, 0) is 17.6 Å². The Morgan fingerprint density at radius 2 is 1.91 bits per heavy atom. The van der Waals surface area contributed by atoms with Crippen molar-refractivity contribution in [1.82, 2.24) is 0 Å². The molecule has 2 aliphatic rings. The van der Waals surface area contributed by atoms with Crippen LogP contribution < -0.4 is 4.74 Å². The average molecular weight is 304 g/mol. The highest BCUT2D eigenvalue weighted by molar-refractivity contribution is 5.42. The molecule has 2 aliphatic carbocycles. The van der Waals surface area contributed by atoms with Gasteiger partial charge in [0, 0.05) is 13.0 Å². The summed E-state index contributed by atoms with van der Waals surface area (Å²) in [6, 6.07) is 6.34. The van der Waals surface area contributed by atoms with Crippen LogP contribution in [0.5, 0.6) is 5.75 Å². The second-order valence-corrected chi connectivity index (χ2v) is 6.74. The van der Waals surface area contributed by atoms with Crippen molar-refractivity contribution < 1.29 is 9.47 Å². The molecule has 0 unspecified atom stereocenters. The third-order valence-electron chi connectivity index (χ3n) is 4.84. The second-order valence-electron chi connectivity index (χ2n) is 6.74. The molecule has 1 aromatic rings. The van der Waals surface area contributed by atoms with Crippen LogP contribution >= 0.6 is 0 Å². The Bertz CT molecular complexity index is 451. The molecule has 1 aromatic carbocycles. The van der Waals surface area contributed by atoms with E-state index in [1.807, 2.05) is 6.07 Å². The molecule has 0 heterocycles. The molecule has 3 rings (SSSR count).